The first kappa shape index (κ1) is 12.4. The lowest BCUT2D eigenvalue weighted by atomic mass is 10.2. The zero-order valence-electron chi connectivity index (χ0n) is 10.8. The summed E-state index contributed by atoms with van der Waals surface area (Å²) < 4.78 is 11.3. The minimum Gasteiger partial charge on any atom is -0.379 e. The van der Waals surface area contributed by atoms with Crippen LogP contribution in [0.2, 0.25) is 0 Å². The van der Waals surface area contributed by atoms with E-state index < -0.39 is 0 Å². The summed E-state index contributed by atoms with van der Waals surface area (Å²) in [6.07, 6.45) is 4.52. The molecule has 3 heterocycles. The Kier molecular flexibility index (Phi) is 3.82. The van der Waals surface area contributed by atoms with Crippen molar-refractivity contribution in [2.75, 3.05) is 32.8 Å². The second-order valence-corrected chi connectivity index (χ2v) is 5.47. The molecule has 0 aromatic heterocycles. The van der Waals surface area contributed by atoms with Crippen LogP contribution in [0.3, 0.4) is 0 Å². The summed E-state index contributed by atoms with van der Waals surface area (Å²) in [5.74, 6) is 0.265. The predicted octanol–water partition coefficient (Wildman–Crippen LogP) is 0.145. The number of ether oxygens (including phenoxy) is 2. The molecule has 5 nitrogen and oxygen atoms in total. The van der Waals surface area contributed by atoms with Crippen LogP contribution in [0.25, 0.3) is 0 Å². The highest BCUT2D eigenvalue weighted by molar-refractivity contribution is 5.82. The molecule has 0 bridgehead atoms. The number of amides is 1. The van der Waals surface area contributed by atoms with Crippen LogP contribution in [0.4, 0.5) is 0 Å². The van der Waals surface area contributed by atoms with Gasteiger partial charge in [-0.25, -0.2) is 0 Å². The van der Waals surface area contributed by atoms with Gasteiger partial charge in [0.1, 0.15) is 0 Å². The van der Waals surface area contributed by atoms with Gasteiger partial charge in [-0.15, -0.1) is 0 Å². The zero-order valence-corrected chi connectivity index (χ0v) is 10.8. The van der Waals surface area contributed by atoms with Gasteiger partial charge in [-0.05, 0) is 32.2 Å². The molecule has 3 saturated heterocycles. The molecule has 0 aromatic rings. The quantitative estimate of drug-likeness (QED) is 0.778. The van der Waals surface area contributed by atoms with Gasteiger partial charge in [0.15, 0.2) is 0 Å². The van der Waals surface area contributed by atoms with Gasteiger partial charge in [-0.3, -0.25) is 4.79 Å². The molecule has 5 heteroatoms. The second-order valence-electron chi connectivity index (χ2n) is 5.47. The van der Waals surface area contributed by atoms with E-state index in [1.807, 2.05) is 4.90 Å². The maximum absolute atomic E-state index is 12.2. The van der Waals surface area contributed by atoms with E-state index in [-0.39, 0.29) is 24.2 Å². The van der Waals surface area contributed by atoms with Crippen LogP contribution in [0.1, 0.15) is 25.7 Å². The summed E-state index contributed by atoms with van der Waals surface area (Å²) in [6, 6.07) is 0.0542. The molecular formula is C13H22N2O3. The molecule has 102 valence electrons. The highest BCUT2D eigenvalue weighted by Gasteiger charge is 2.33. The Morgan fingerprint density at radius 1 is 1.28 bits per heavy atom. The van der Waals surface area contributed by atoms with Crippen molar-refractivity contribution in [2.45, 2.75) is 43.9 Å². The standard InChI is InChI=1S/C13H22N2O3/c16-13(12-2-1-5-14-12)15-6-3-10(8-15)18-11-4-7-17-9-11/h10-12,14H,1-9H2/t10-,11-,12+/m1/s1. The predicted molar refractivity (Wildman–Crippen MR) is 66.3 cm³/mol. The molecule has 0 aromatic carbocycles. The van der Waals surface area contributed by atoms with Crippen molar-refractivity contribution >= 4 is 5.91 Å². The van der Waals surface area contributed by atoms with E-state index in [2.05, 4.69) is 5.32 Å². The number of hydrogen-bond donors (Lipinski definition) is 1. The maximum Gasteiger partial charge on any atom is 0.239 e. The Morgan fingerprint density at radius 2 is 2.22 bits per heavy atom. The molecule has 3 atom stereocenters. The minimum absolute atomic E-state index is 0.0542. The normalized spacial score (nSPS) is 36.4. The summed E-state index contributed by atoms with van der Waals surface area (Å²) in [7, 11) is 0. The van der Waals surface area contributed by atoms with Crippen molar-refractivity contribution in [1.82, 2.24) is 10.2 Å². The molecule has 3 rings (SSSR count). The molecule has 3 fully saturated rings. The Morgan fingerprint density at radius 3 is 2.94 bits per heavy atom. The Labute approximate surface area is 108 Å². The molecular weight excluding hydrogens is 232 g/mol. The molecule has 0 aliphatic carbocycles. The largest absolute Gasteiger partial charge is 0.379 e. The van der Waals surface area contributed by atoms with Gasteiger partial charge in [-0.2, -0.15) is 0 Å². The average molecular weight is 254 g/mol. The Balaban J connectivity index is 1.46. The summed E-state index contributed by atoms with van der Waals surface area (Å²) in [6.45, 7) is 4.10. The van der Waals surface area contributed by atoms with Gasteiger partial charge in [0, 0.05) is 19.7 Å². The maximum atomic E-state index is 12.2. The molecule has 3 aliphatic rings. The third-order valence-corrected chi connectivity index (χ3v) is 4.09. The van der Waals surface area contributed by atoms with E-state index >= 15 is 0 Å². The lowest BCUT2D eigenvalue weighted by Crippen LogP contribution is -2.43. The van der Waals surface area contributed by atoms with Crippen LogP contribution >= 0.6 is 0 Å². The average Bonchev–Trinajstić information content (AvgIpc) is 3.11. The van der Waals surface area contributed by atoms with Gasteiger partial charge < -0.3 is 19.7 Å². The molecule has 0 unspecified atom stereocenters. The first-order chi connectivity index (χ1) is 8.83. The van der Waals surface area contributed by atoms with E-state index in [1.54, 1.807) is 0 Å². The second kappa shape index (κ2) is 5.55. The fraction of sp³-hybridized carbons (Fsp3) is 0.923. The highest BCUT2D eigenvalue weighted by atomic mass is 16.6. The fourth-order valence-electron chi connectivity index (χ4n) is 3.05. The van der Waals surface area contributed by atoms with Gasteiger partial charge >= 0.3 is 0 Å². The van der Waals surface area contributed by atoms with E-state index in [0.717, 1.165) is 51.9 Å². The number of nitrogens with one attached hydrogen (secondary N) is 1. The van der Waals surface area contributed by atoms with Crippen molar-refractivity contribution in [2.24, 2.45) is 0 Å². The zero-order chi connectivity index (χ0) is 12.4. The summed E-state index contributed by atoms with van der Waals surface area (Å²) in [4.78, 5) is 14.2. The summed E-state index contributed by atoms with van der Waals surface area (Å²) >= 11 is 0. The molecule has 18 heavy (non-hydrogen) atoms. The first-order valence-electron chi connectivity index (χ1n) is 7.08. The molecule has 1 amide bonds. The van der Waals surface area contributed by atoms with E-state index in [9.17, 15) is 4.79 Å². The lowest BCUT2D eigenvalue weighted by molar-refractivity contribution is -0.132. The van der Waals surface area contributed by atoms with Crippen LogP contribution in [0.15, 0.2) is 0 Å². The molecule has 0 saturated carbocycles. The van der Waals surface area contributed by atoms with Crippen molar-refractivity contribution in [1.29, 1.82) is 0 Å². The molecule has 0 spiro atoms. The number of nitrogens with zero attached hydrogens (tertiary/aromatic N) is 1. The van der Waals surface area contributed by atoms with Crippen LogP contribution in [0.5, 0.6) is 0 Å². The SMILES string of the molecule is O=C([C@@H]1CCCN1)N1CC[C@@H](O[C@@H]2CCOC2)C1. The van der Waals surface area contributed by atoms with Crippen molar-refractivity contribution in [3.05, 3.63) is 0 Å². The van der Waals surface area contributed by atoms with Crippen LogP contribution in [-0.2, 0) is 14.3 Å². The number of carbonyl (C=O) groups is 1. The Bertz CT molecular complexity index is 299. The van der Waals surface area contributed by atoms with Crippen molar-refractivity contribution in [3.63, 3.8) is 0 Å². The molecule has 0 radical (unpaired) electrons. The smallest absolute Gasteiger partial charge is 0.239 e. The highest BCUT2D eigenvalue weighted by Crippen LogP contribution is 2.20. The molecule has 1 N–H and O–H groups in total. The van der Waals surface area contributed by atoms with Crippen molar-refractivity contribution < 1.29 is 14.3 Å². The van der Waals surface area contributed by atoms with Crippen molar-refractivity contribution in [3.8, 4) is 0 Å². The van der Waals surface area contributed by atoms with Gasteiger partial charge in [0.25, 0.3) is 0 Å². The lowest BCUT2D eigenvalue weighted by Gasteiger charge is -2.21. The minimum atomic E-state index is 0.0542. The van der Waals surface area contributed by atoms with Gasteiger partial charge in [0.2, 0.25) is 5.91 Å². The topological polar surface area (TPSA) is 50.8 Å². The third kappa shape index (κ3) is 2.68. The monoisotopic (exact) mass is 254 g/mol. The van der Waals surface area contributed by atoms with E-state index in [4.69, 9.17) is 9.47 Å². The van der Waals surface area contributed by atoms with Gasteiger partial charge in [-0.1, -0.05) is 0 Å². The fourth-order valence-corrected chi connectivity index (χ4v) is 3.05. The summed E-state index contributed by atoms with van der Waals surface area (Å²) in [5.41, 5.74) is 0. The summed E-state index contributed by atoms with van der Waals surface area (Å²) in [5, 5.41) is 3.27. The number of carbonyl (C=O) groups excluding carboxylic acids is 1. The number of rotatable bonds is 3. The van der Waals surface area contributed by atoms with Gasteiger partial charge in [0.05, 0.1) is 24.9 Å². The first-order valence-corrected chi connectivity index (χ1v) is 7.08. The van der Waals surface area contributed by atoms with Crippen LogP contribution < -0.4 is 5.32 Å². The van der Waals surface area contributed by atoms with Crippen LogP contribution in [-0.4, -0.2) is 61.9 Å². The number of hydrogen-bond acceptors (Lipinski definition) is 4. The number of likely N-dealkylation sites (tertiary alicyclic amines) is 1. The van der Waals surface area contributed by atoms with Crippen LogP contribution in [0, 0.1) is 0 Å². The Hall–Kier alpha value is -0.650. The van der Waals surface area contributed by atoms with E-state index in [1.165, 1.54) is 0 Å². The van der Waals surface area contributed by atoms with E-state index in [0.29, 0.717) is 6.61 Å². The molecule has 3 aliphatic heterocycles. The third-order valence-electron chi connectivity index (χ3n) is 4.09.